The van der Waals surface area contributed by atoms with Crippen molar-refractivity contribution in [1.29, 1.82) is 0 Å². The topological polar surface area (TPSA) is 142 Å². The second-order valence-corrected chi connectivity index (χ2v) is 5.79. The largest absolute Gasteiger partial charge is 0.469 e. The highest BCUT2D eigenvalue weighted by Crippen LogP contribution is 2.37. The summed E-state index contributed by atoms with van der Waals surface area (Å²) in [6.07, 6.45) is -0.0285. The van der Waals surface area contributed by atoms with E-state index in [-0.39, 0.29) is 6.42 Å². The van der Waals surface area contributed by atoms with Crippen molar-refractivity contribution in [2.24, 2.45) is 5.92 Å². The molecule has 1 fully saturated rings. The first-order valence-corrected chi connectivity index (χ1v) is 7.36. The second kappa shape index (κ2) is 5.72. The maximum Gasteiger partial charge on any atom is 0.469 e. The van der Waals surface area contributed by atoms with Crippen LogP contribution in [0, 0.1) is 5.92 Å². The summed E-state index contributed by atoms with van der Waals surface area (Å²) in [6, 6.07) is 0. The molecule has 20 heavy (non-hydrogen) atoms. The highest BCUT2D eigenvalue weighted by molar-refractivity contribution is 7.46. The first-order valence-electron chi connectivity index (χ1n) is 5.83. The molecule has 2 heterocycles. The van der Waals surface area contributed by atoms with Crippen molar-refractivity contribution in [2.75, 3.05) is 6.61 Å². The van der Waals surface area contributed by atoms with Gasteiger partial charge in [0, 0.05) is 12.5 Å². The number of rotatable bonds is 4. The number of phosphoric ester groups is 1. The van der Waals surface area contributed by atoms with Gasteiger partial charge in [-0.25, -0.2) is 4.57 Å². The fourth-order valence-corrected chi connectivity index (χ4v) is 2.53. The third-order valence-corrected chi connectivity index (χ3v) is 3.51. The van der Waals surface area contributed by atoms with Gasteiger partial charge in [-0.2, -0.15) is 0 Å². The molecule has 4 N–H and O–H groups in total. The summed E-state index contributed by atoms with van der Waals surface area (Å²) in [7, 11) is -4.61. The number of hydrogen-bond donors (Lipinski definition) is 4. The van der Waals surface area contributed by atoms with E-state index in [0.717, 1.165) is 0 Å². The van der Waals surface area contributed by atoms with Crippen LogP contribution in [0.1, 0.15) is 6.42 Å². The lowest BCUT2D eigenvalue weighted by molar-refractivity contribution is -0.135. The van der Waals surface area contributed by atoms with Crippen molar-refractivity contribution in [3.05, 3.63) is 12.2 Å². The molecule has 0 aromatic carbocycles. The SMILES string of the molecule is O=C1C=CC(C2OC(COP(=O)(O)O)CC2O)C(=O)N1. The third-order valence-electron chi connectivity index (χ3n) is 3.02. The van der Waals surface area contributed by atoms with Gasteiger partial charge in [0.1, 0.15) is 0 Å². The first kappa shape index (κ1) is 15.3. The summed E-state index contributed by atoms with van der Waals surface area (Å²) in [5.74, 6) is -1.96. The van der Waals surface area contributed by atoms with Crippen molar-refractivity contribution in [3.63, 3.8) is 0 Å². The van der Waals surface area contributed by atoms with Crippen LogP contribution in [-0.4, -0.2) is 51.6 Å². The van der Waals surface area contributed by atoms with Crippen molar-refractivity contribution in [3.8, 4) is 0 Å². The molecule has 2 aliphatic heterocycles. The molecule has 0 aliphatic carbocycles. The maximum absolute atomic E-state index is 11.6. The number of aliphatic hydroxyl groups is 1. The third kappa shape index (κ3) is 3.72. The first-order chi connectivity index (χ1) is 9.26. The molecule has 0 bridgehead atoms. The van der Waals surface area contributed by atoms with Gasteiger partial charge < -0.3 is 19.6 Å². The minimum Gasteiger partial charge on any atom is -0.390 e. The molecule has 0 radical (unpaired) electrons. The number of carbonyl (C=O) groups is 2. The zero-order valence-corrected chi connectivity index (χ0v) is 11.1. The van der Waals surface area contributed by atoms with E-state index < -0.39 is 50.5 Å². The number of ether oxygens (including phenoxy) is 1. The maximum atomic E-state index is 11.6. The van der Waals surface area contributed by atoms with Gasteiger partial charge in [-0.3, -0.25) is 19.4 Å². The Morgan fingerprint density at radius 3 is 2.75 bits per heavy atom. The lowest BCUT2D eigenvalue weighted by atomic mass is 9.94. The molecule has 2 amide bonds. The Morgan fingerprint density at radius 2 is 2.15 bits per heavy atom. The molecular weight excluding hydrogens is 293 g/mol. The number of phosphoric acid groups is 1. The summed E-state index contributed by atoms with van der Waals surface area (Å²) in [5, 5.41) is 11.9. The predicted molar refractivity (Wildman–Crippen MR) is 63.1 cm³/mol. The molecule has 2 aliphatic rings. The van der Waals surface area contributed by atoms with Gasteiger partial charge in [0.15, 0.2) is 0 Å². The van der Waals surface area contributed by atoms with Crippen LogP contribution < -0.4 is 5.32 Å². The summed E-state index contributed by atoms with van der Waals surface area (Å²) < 4.78 is 20.3. The minimum absolute atomic E-state index is 0.0796. The lowest BCUT2D eigenvalue weighted by Crippen LogP contribution is -2.45. The Kier molecular flexibility index (Phi) is 4.38. The Bertz CT molecular complexity index is 486. The highest BCUT2D eigenvalue weighted by Gasteiger charge is 2.42. The van der Waals surface area contributed by atoms with E-state index in [1.165, 1.54) is 12.2 Å². The van der Waals surface area contributed by atoms with Gasteiger partial charge in [0.2, 0.25) is 11.8 Å². The molecule has 4 atom stereocenters. The molecular formula is C10H14NO8P. The van der Waals surface area contributed by atoms with E-state index in [1.54, 1.807) is 0 Å². The number of imide groups is 1. The average Bonchev–Trinajstić information content (AvgIpc) is 2.67. The lowest BCUT2D eigenvalue weighted by Gasteiger charge is -2.24. The van der Waals surface area contributed by atoms with Crippen molar-refractivity contribution in [2.45, 2.75) is 24.7 Å². The smallest absolute Gasteiger partial charge is 0.390 e. The standard InChI is InChI=1S/C10H14NO8P/c12-7-3-5(4-18-20(15,16)17)19-9(7)6-1-2-8(13)11-10(6)14/h1-2,5-7,9,12H,3-4H2,(H,11,13,14)(H2,15,16,17). The predicted octanol–water partition coefficient (Wildman–Crippen LogP) is -1.56. The van der Waals surface area contributed by atoms with E-state index in [9.17, 15) is 19.3 Å². The summed E-state index contributed by atoms with van der Waals surface area (Å²) >= 11 is 0. The number of carbonyl (C=O) groups excluding carboxylic acids is 2. The number of amides is 2. The van der Waals surface area contributed by atoms with Gasteiger partial charge in [0.25, 0.3) is 0 Å². The van der Waals surface area contributed by atoms with Crippen LogP contribution in [-0.2, 0) is 23.4 Å². The number of aliphatic hydroxyl groups excluding tert-OH is 1. The molecule has 0 aromatic rings. The molecule has 112 valence electrons. The van der Waals surface area contributed by atoms with Crippen LogP contribution in [0.3, 0.4) is 0 Å². The van der Waals surface area contributed by atoms with E-state index in [2.05, 4.69) is 9.84 Å². The van der Waals surface area contributed by atoms with Crippen LogP contribution in [0.15, 0.2) is 12.2 Å². The van der Waals surface area contributed by atoms with Crippen LogP contribution >= 0.6 is 7.82 Å². The van der Waals surface area contributed by atoms with Gasteiger partial charge >= 0.3 is 7.82 Å². The summed E-state index contributed by atoms with van der Waals surface area (Å²) in [6.45, 7) is -0.394. The number of hydrogen-bond acceptors (Lipinski definition) is 6. The average molecular weight is 307 g/mol. The van der Waals surface area contributed by atoms with Gasteiger partial charge in [-0.15, -0.1) is 0 Å². The van der Waals surface area contributed by atoms with Crippen LogP contribution in [0.5, 0.6) is 0 Å². The Hall–Kier alpha value is -1.09. The van der Waals surface area contributed by atoms with Crippen molar-refractivity contribution in [1.82, 2.24) is 5.32 Å². The highest BCUT2D eigenvalue weighted by atomic mass is 31.2. The van der Waals surface area contributed by atoms with E-state index >= 15 is 0 Å². The molecule has 4 unspecified atom stereocenters. The van der Waals surface area contributed by atoms with Gasteiger partial charge in [0.05, 0.1) is 30.8 Å². The Labute approximate surface area is 113 Å². The Morgan fingerprint density at radius 1 is 1.45 bits per heavy atom. The van der Waals surface area contributed by atoms with Crippen LogP contribution in [0.2, 0.25) is 0 Å². The molecule has 10 heteroatoms. The summed E-state index contributed by atoms with van der Waals surface area (Å²) in [5.41, 5.74) is 0. The van der Waals surface area contributed by atoms with Crippen LogP contribution in [0.25, 0.3) is 0 Å². The molecule has 9 nitrogen and oxygen atoms in total. The second-order valence-electron chi connectivity index (χ2n) is 4.55. The van der Waals surface area contributed by atoms with E-state index in [1.807, 2.05) is 0 Å². The molecule has 1 saturated heterocycles. The van der Waals surface area contributed by atoms with Gasteiger partial charge in [-0.1, -0.05) is 6.08 Å². The summed E-state index contributed by atoms with van der Waals surface area (Å²) in [4.78, 5) is 39.8. The molecule has 2 rings (SSSR count). The van der Waals surface area contributed by atoms with Crippen LogP contribution in [0.4, 0.5) is 0 Å². The number of nitrogens with one attached hydrogen (secondary N) is 1. The fraction of sp³-hybridized carbons (Fsp3) is 0.600. The fourth-order valence-electron chi connectivity index (χ4n) is 2.17. The molecule has 0 saturated carbocycles. The molecule has 0 spiro atoms. The van der Waals surface area contributed by atoms with E-state index in [4.69, 9.17) is 14.5 Å². The van der Waals surface area contributed by atoms with Crippen molar-refractivity contribution < 1.29 is 38.3 Å². The normalized spacial score (nSPS) is 34.4. The Balaban J connectivity index is 1.97. The minimum atomic E-state index is -4.61. The zero-order chi connectivity index (χ0) is 14.9. The quantitative estimate of drug-likeness (QED) is 0.361. The molecule has 0 aromatic heterocycles. The zero-order valence-electron chi connectivity index (χ0n) is 10.2. The van der Waals surface area contributed by atoms with Crippen molar-refractivity contribution >= 4 is 19.6 Å². The van der Waals surface area contributed by atoms with E-state index in [0.29, 0.717) is 0 Å². The monoisotopic (exact) mass is 307 g/mol. The van der Waals surface area contributed by atoms with Gasteiger partial charge in [-0.05, 0) is 0 Å².